The highest BCUT2D eigenvalue weighted by Crippen LogP contribution is 2.08. The Morgan fingerprint density at radius 2 is 2.17 bits per heavy atom. The van der Waals surface area contributed by atoms with Crippen LogP contribution < -0.4 is 10.6 Å². The zero-order valence-corrected chi connectivity index (χ0v) is 9.99. The molecule has 0 heterocycles. The van der Waals surface area contributed by atoms with Crippen LogP contribution in [-0.2, 0) is 4.79 Å². The van der Waals surface area contributed by atoms with Gasteiger partial charge < -0.3 is 15.7 Å². The largest absolute Gasteiger partial charge is 0.386 e. The second kappa shape index (κ2) is 7.03. The fraction of sp³-hybridized carbons (Fsp3) is 0.417. The van der Waals surface area contributed by atoms with E-state index in [0.29, 0.717) is 5.69 Å². The molecule has 0 saturated carbocycles. The van der Waals surface area contributed by atoms with Gasteiger partial charge in [-0.15, -0.1) is 0 Å². The number of alkyl halides is 2. The minimum Gasteiger partial charge on any atom is -0.386 e. The summed E-state index contributed by atoms with van der Waals surface area (Å²) in [6, 6.07) is 7.23. The molecule has 6 heteroatoms. The van der Waals surface area contributed by atoms with Crippen molar-refractivity contribution in [2.75, 3.05) is 18.4 Å². The van der Waals surface area contributed by atoms with Crippen molar-refractivity contribution in [3.8, 4) is 0 Å². The van der Waals surface area contributed by atoms with Crippen molar-refractivity contribution in [1.82, 2.24) is 5.32 Å². The summed E-state index contributed by atoms with van der Waals surface area (Å²) >= 11 is 0. The monoisotopic (exact) mass is 258 g/mol. The molecule has 1 aromatic carbocycles. The molecule has 0 aliphatic heterocycles. The van der Waals surface area contributed by atoms with Crippen molar-refractivity contribution >= 4 is 11.6 Å². The van der Waals surface area contributed by atoms with Crippen LogP contribution in [0.25, 0.3) is 0 Å². The van der Waals surface area contributed by atoms with E-state index in [1.807, 2.05) is 13.0 Å². The average Bonchev–Trinajstić information content (AvgIpc) is 2.28. The molecule has 1 amide bonds. The van der Waals surface area contributed by atoms with E-state index in [4.69, 9.17) is 5.11 Å². The molecule has 1 unspecified atom stereocenters. The van der Waals surface area contributed by atoms with Gasteiger partial charge in [0.25, 0.3) is 6.43 Å². The van der Waals surface area contributed by atoms with Gasteiger partial charge in [-0.2, -0.15) is 0 Å². The number of anilines is 1. The van der Waals surface area contributed by atoms with Crippen LogP contribution in [-0.4, -0.2) is 36.6 Å². The smallest absolute Gasteiger partial charge is 0.265 e. The Labute approximate surface area is 104 Å². The second-order valence-corrected chi connectivity index (χ2v) is 3.95. The molecular weight excluding hydrogens is 242 g/mol. The maximum absolute atomic E-state index is 12.0. The highest BCUT2D eigenvalue weighted by atomic mass is 19.3. The first-order valence-electron chi connectivity index (χ1n) is 5.52. The standard InChI is InChI=1S/C12H16F2N2O2/c1-8-3-2-4-9(5-8)16-11(18)7-15-6-10(17)12(13)14/h2-5,10,12,15,17H,6-7H2,1H3,(H,16,18). The number of halogens is 2. The molecule has 0 fully saturated rings. The van der Waals surface area contributed by atoms with Crippen LogP contribution in [0.15, 0.2) is 24.3 Å². The Morgan fingerprint density at radius 1 is 1.44 bits per heavy atom. The Morgan fingerprint density at radius 3 is 2.78 bits per heavy atom. The van der Waals surface area contributed by atoms with Crippen LogP contribution in [0.1, 0.15) is 5.56 Å². The van der Waals surface area contributed by atoms with Gasteiger partial charge >= 0.3 is 0 Å². The first-order valence-corrected chi connectivity index (χ1v) is 5.52. The summed E-state index contributed by atoms with van der Waals surface area (Å²) in [5, 5.41) is 13.9. The van der Waals surface area contributed by atoms with Crippen molar-refractivity contribution in [3.63, 3.8) is 0 Å². The van der Waals surface area contributed by atoms with E-state index in [1.54, 1.807) is 18.2 Å². The quantitative estimate of drug-likeness (QED) is 0.717. The molecule has 1 rings (SSSR count). The minimum atomic E-state index is -2.81. The molecule has 100 valence electrons. The highest BCUT2D eigenvalue weighted by molar-refractivity contribution is 5.92. The third kappa shape index (κ3) is 5.20. The van der Waals surface area contributed by atoms with E-state index in [2.05, 4.69) is 10.6 Å². The van der Waals surface area contributed by atoms with E-state index in [0.717, 1.165) is 5.56 Å². The molecule has 1 atom stereocenters. The lowest BCUT2D eigenvalue weighted by Crippen LogP contribution is -2.36. The number of nitrogens with one attached hydrogen (secondary N) is 2. The third-order valence-electron chi connectivity index (χ3n) is 2.23. The number of rotatable bonds is 6. The van der Waals surface area contributed by atoms with E-state index >= 15 is 0 Å². The number of hydrogen-bond donors (Lipinski definition) is 3. The third-order valence-corrected chi connectivity index (χ3v) is 2.23. The van der Waals surface area contributed by atoms with Crippen molar-refractivity contribution in [1.29, 1.82) is 0 Å². The predicted molar refractivity (Wildman–Crippen MR) is 64.7 cm³/mol. The number of carbonyl (C=O) groups is 1. The van der Waals surface area contributed by atoms with Crippen LogP contribution >= 0.6 is 0 Å². The molecule has 0 bridgehead atoms. The number of benzene rings is 1. The molecule has 0 radical (unpaired) electrons. The van der Waals surface area contributed by atoms with Gasteiger partial charge in [-0.1, -0.05) is 12.1 Å². The summed E-state index contributed by atoms with van der Waals surface area (Å²) in [4.78, 5) is 11.4. The molecule has 4 nitrogen and oxygen atoms in total. The lowest BCUT2D eigenvalue weighted by molar-refractivity contribution is -0.115. The number of amides is 1. The van der Waals surface area contributed by atoms with Gasteiger partial charge in [0, 0.05) is 12.2 Å². The molecule has 0 spiro atoms. The van der Waals surface area contributed by atoms with Crippen molar-refractivity contribution in [2.24, 2.45) is 0 Å². The van der Waals surface area contributed by atoms with Gasteiger partial charge in [-0.25, -0.2) is 8.78 Å². The molecule has 3 N–H and O–H groups in total. The number of aliphatic hydroxyl groups is 1. The van der Waals surface area contributed by atoms with E-state index in [9.17, 15) is 13.6 Å². The summed E-state index contributed by atoms with van der Waals surface area (Å²) < 4.78 is 23.9. The summed E-state index contributed by atoms with van der Waals surface area (Å²) in [6.07, 6.45) is -4.56. The number of hydrogen-bond acceptors (Lipinski definition) is 3. The van der Waals surface area contributed by atoms with E-state index in [-0.39, 0.29) is 19.0 Å². The van der Waals surface area contributed by atoms with Crippen molar-refractivity contribution in [3.05, 3.63) is 29.8 Å². The SMILES string of the molecule is Cc1cccc(NC(=O)CNCC(O)C(F)F)c1. The number of aliphatic hydroxyl groups excluding tert-OH is 1. The Balaban J connectivity index is 2.30. The lowest BCUT2D eigenvalue weighted by atomic mass is 10.2. The summed E-state index contributed by atoms with van der Waals surface area (Å²) in [7, 11) is 0. The van der Waals surface area contributed by atoms with Gasteiger partial charge in [0.15, 0.2) is 0 Å². The molecule has 1 aromatic rings. The molecule has 18 heavy (non-hydrogen) atoms. The number of aryl methyl sites for hydroxylation is 1. The Bertz CT molecular complexity index is 399. The lowest BCUT2D eigenvalue weighted by Gasteiger charge is -2.11. The molecule has 0 aliphatic carbocycles. The number of carbonyl (C=O) groups excluding carboxylic acids is 1. The molecule has 0 saturated heterocycles. The average molecular weight is 258 g/mol. The van der Waals surface area contributed by atoms with Crippen LogP contribution in [0, 0.1) is 6.92 Å². The molecule has 0 aliphatic rings. The van der Waals surface area contributed by atoms with Crippen LogP contribution in [0.5, 0.6) is 0 Å². The van der Waals surface area contributed by atoms with Crippen LogP contribution in [0.3, 0.4) is 0 Å². The van der Waals surface area contributed by atoms with Crippen molar-refractivity contribution in [2.45, 2.75) is 19.5 Å². The maximum atomic E-state index is 12.0. The maximum Gasteiger partial charge on any atom is 0.265 e. The van der Waals surface area contributed by atoms with Gasteiger partial charge in [0.1, 0.15) is 6.10 Å². The first-order chi connectivity index (χ1) is 8.49. The first kappa shape index (κ1) is 14.5. The fourth-order valence-corrected chi connectivity index (χ4v) is 1.35. The van der Waals surface area contributed by atoms with Gasteiger partial charge in [-0.3, -0.25) is 4.79 Å². The van der Waals surface area contributed by atoms with Crippen molar-refractivity contribution < 1.29 is 18.7 Å². The zero-order valence-electron chi connectivity index (χ0n) is 9.99. The Kier molecular flexibility index (Phi) is 5.67. The summed E-state index contributed by atoms with van der Waals surface area (Å²) in [6.45, 7) is 1.45. The van der Waals surface area contributed by atoms with E-state index < -0.39 is 12.5 Å². The summed E-state index contributed by atoms with van der Waals surface area (Å²) in [5.74, 6) is -0.345. The fourth-order valence-electron chi connectivity index (χ4n) is 1.35. The van der Waals surface area contributed by atoms with E-state index in [1.165, 1.54) is 0 Å². The van der Waals surface area contributed by atoms with Gasteiger partial charge in [0.2, 0.25) is 5.91 Å². The zero-order chi connectivity index (χ0) is 13.5. The van der Waals surface area contributed by atoms with Crippen LogP contribution in [0.4, 0.5) is 14.5 Å². The normalized spacial score (nSPS) is 12.5. The van der Waals surface area contributed by atoms with Gasteiger partial charge in [-0.05, 0) is 24.6 Å². The molecular formula is C12H16F2N2O2. The predicted octanol–water partition coefficient (Wildman–Crippen LogP) is 1.15. The second-order valence-electron chi connectivity index (χ2n) is 3.95. The topological polar surface area (TPSA) is 61.4 Å². The Hall–Kier alpha value is -1.53. The summed E-state index contributed by atoms with van der Waals surface area (Å²) in [5.41, 5.74) is 1.66. The van der Waals surface area contributed by atoms with Gasteiger partial charge in [0.05, 0.1) is 6.54 Å². The minimum absolute atomic E-state index is 0.127. The molecule has 0 aromatic heterocycles. The van der Waals surface area contributed by atoms with Crippen LogP contribution in [0.2, 0.25) is 0 Å². The highest BCUT2D eigenvalue weighted by Gasteiger charge is 2.16.